The van der Waals surface area contributed by atoms with Crippen molar-refractivity contribution in [1.82, 2.24) is 10.6 Å². The van der Waals surface area contributed by atoms with Gasteiger partial charge in [0, 0.05) is 19.4 Å². The molecule has 3 N–H and O–H groups in total. The monoisotopic (exact) mass is 682 g/mol. The van der Waals surface area contributed by atoms with E-state index in [0.29, 0.717) is 41.7 Å². The number of carboxylic acid groups (broad SMARTS) is 1. The Labute approximate surface area is 298 Å². The van der Waals surface area contributed by atoms with Crippen molar-refractivity contribution in [3.63, 3.8) is 0 Å². The number of fused-ring (bicyclic) bond motifs is 7. The Kier molecular flexibility index (Phi) is 8.39. The molecule has 270 valence electrons. The summed E-state index contributed by atoms with van der Waals surface area (Å²) in [5.41, 5.74) is 4.62. The summed E-state index contributed by atoms with van der Waals surface area (Å²) in [5, 5.41) is 15.1. The smallest absolute Gasteiger partial charge is 0.335 e. The van der Waals surface area contributed by atoms with E-state index in [1.807, 2.05) is 12.1 Å². The second-order valence-electron chi connectivity index (χ2n) is 18.8. The molecule has 6 aliphatic rings. The zero-order chi connectivity index (χ0) is 36.0. The standard InChI is InChI=1S/C43H58N2O5/c1-25(2)29-14-19-43(24-44-37(48)28-22-34(46)45-35(47)23-28)21-20-41(6)31(36(29)43)12-13-33-40(5)17-15-30(26-8-10-27(11-9-26)38(49)50)39(3,4)32(40)16-18-42(33,41)7/h8-11,15,28-29,31-33,36H,1,12-14,16-24H2,2-7H3,(H,44,48)(H,49,50)(H,45,46,47)/t29-,31+,32-,33+,36+,40-,41+,42+,43+/m0/s1. The molecular formula is C43H58N2O5. The van der Waals surface area contributed by atoms with E-state index in [1.165, 1.54) is 36.8 Å². The van der Waals surface area contributed by atoms with Gasteiger partial charge in [0.25, 0.3) is 0 Å². The molecule has 0 bridgehead atoms. The van der Waals surface area contributed by atoms with E-state index in [9.17, 15) is 24.3 Å². The summed E-state index contributed by atoms with van der Waals surface area (Å²) in [7, 11) is 0. The Balaban J connectivity index is 1.17. The number of aromatic carboxylic acids is 1. The van der Waals surface area contributed by atoms with Crippen LogP contribution in [0.15, 0.2) is 42.5 Å². The van der Waals surface area contributed by atoms with Gasteiger partial charge in [-0.15, -0.1) is 0 Å². The predicted molar refractivity (Wildman–Crippen MR) is 195 cm³/mol. The lowest BCUT2D eigenvalue weighted by Crippen LogP contribution is -2.66. The number of hydrogen-bond acceptors (Lipinski definition) is 4. The van der Waals surface area contributed by atoms with Crippen LogP contribution in [-0.4, -0.2) is 35.3 Å². The Bertz CT molecular complexity index is 1640. The number of piperidine rings is 1. The number of carboxylic acids is 1. The second kappa shape index (κ2) is 11.9. The summed E-state index contributed by atoms with van der Waals surface area (Å²) in [6, 6.07) is 7.49. The molecule has 7 rings (SSSR count). The normalized spacial score (nSPS) is 40.7. The number of allylic oxidation sites excluding steroid dienone is 3. The van der Waals surface area contributed by atoms with E-state index in [1.54, 1.807) is 12.1 Å². The van der Waals surface area contributed by atoms with Gasteiger partial charge in [-0.2, -0.15) is 0 Å². The van der Waals surface area contributed by atoms with Gasteiger partial charge in [0.1, 0.15) is 0 Å². The summed E-state index contributed by atoms with van der Waals surface area (Å²) in [5.74, 6) is 0.260. The Morgan fingerprint density at radius 3 is 2.20 bits per heavy atom. The van der Waals surface area contributed by atoms with Crippen molar-refractivity contribution < 1.29 is 24.3 Å². The minimum atomic E-state index is -0.888. The van der Waals surface area contributed by atoms with Crippen LogP contribution in [0.3, 0.4) is 0 Å². The van der Waals surface area contributed by atoms with Crippen molar-refractivity contribution >= 4 is 29.3 Å². The van der Waals surface area contributed by atoms with E-state index in [2.05, 4.69) is 64.8 Å². The number of imide groups is 1. The minimum Gasteiger partial charge on any atom is -0.478 e. The molecule has 0 radical (unpaired) electrons. The Morgan fingerprint density at radius 1 is 0.880 bits per heavy atom. The highest BCUT2D eigenvalue weighted by Gasteiger charge is 2.70. The highest BCUT2D eigenvalue weighted by Crippen LogP contribution is 2.77. The number of rotatable bonds is 6. The van der Waals surface area contributed by atoms with E-state index in [0.717, 1.165) is 37.7 Å². The summed E-state index contributed by atoms with van der Waals surface area (Å²) in [6.45, 7) is 20.1. The maximum Gasteiger partial charge on any atom is 0.335 e. The molecule has 0 unspecified atom stereocenters. The number of hydrogen-bond donors (Lipinski definition) is 3. The average molecular weight is 683 g/mol. The topological polar surface area (TPSA) is 113 Å². The third kappa shape index (κ3) is 5.10. The molecule has 0 spiro atoms. The highest BCUT2D eigenvalue weighted by molar-refractivity contribution is 6.02. The van der Waals surface area contributed by atoms with Crippen LogP contribution in [0.25, 0.3) is 5.57 Å². The van der Waals surface area contributed by atoms with Crippen LogP contribution in [-0.2, 0) is 14.4 Å². The first-order valence-electron chi connectivity index (χ1n) is 19.3. The minimum absolute atomic E-state index is 0.00927. The summed E-state index contributed by atoms with van der Waals surface area (Å²) < 4.78 is 0. The molecule has 7 nitrogen and oxygen atoms in total. The molecule has 50 heavy (non-hydrogen) atoms. The molecule has 0 aromatic heterocycles. The predicted octanol–water partition coefficient (Wildman–Crippen LogP) is 8.20. The fourth-order valence-corrected chi connectivity index (χ4v) is 13.9. The van der Waals surface area contributed by atoms with Crippen LogP contribution in [0.1, 0.15) is 128 Å². The fraction of sp³-hybridized carbons (Fsp3) is 0.674. The molecule has 1 aliphatic heterocycles. The molecular weight excluding hydrogens is 624 g/mol. The molecule has 4 saturated carbocycles. The third-order valence-electron chi connectivity index (χ3n) is 16.4. The van der Waals surface area contributed by atoms with Gasteiger partial charge in [-0.1, -0.05) is 65.0 Å². The first-order valence-corrected chi connectivity index (χ1v) is 19.3. The quantitative estimate of drug-likeness (QED) is 0.207. The van der Waals surface area contributed by atoms with Gasteiger partial charge in [-0.25, -0.2) is 4.79 Å². The lowest BCUT2D eigenvalue weighted by Gasteiger charge is -2.72. The average Bonchev–Trinajstić information content (AvgIpc) is 3.43. The van der Waals surface area contributed by atoms with Gasteiger partial charge in [0.2, 0.25) is 17.7 Å². The van der Waals surface area contributed by atoms with Gasteiger partial charge in [-0.3, -0.25) is 19.7 Å². The SMILES string of the molecule is C=C(C)[C@@H]1CC[C@]2(CNC(=O)C3CC(=O)NC(=O)C3)CC[C@]3(C)[C@H](CC[C@@H]4[C@@]5(C)CC=C(c6ccc(C(=O)O)cc6)C(C)(C)[C@@H]5CC[C@]43C)[C@@H]12. The number of carbonyl (C=O) groups is 4. The van der Waals surface area contributed by atoms with Crippen LogP contribution < -0.4 is 10.6 Å². The fourth-order valence-electron chi connectivity index (χ4n) is 13.9. The van der Waals surface area contributed by atoms with E-state index >= 15 is 0 Å². The van der Waals surface area contributed by atoms with Gasteiger partial charge in [0.05, 0.1) is 11.5 Å². The van der Waals surface area contributed by atoms with E-state index in [4.69, 9.17) is 0 Å². The van der Waals surface area contributed by atoms with Crippen molar-refractivity contribution in [2.45, 2.75) is 112 Å². The van der Waals surface area contributed by atoms with Crippen molar-refractivity contribution in [2.24, 2.45) is 62.6 Å². The van der Waals surface area contributed by atoms with Crippen LogP contribution in [0, 0.1) is 62.6 Å². The summed E-state index contributed by atoms with van der Waals surface area (Å²) in [6.07, 6.45) is 13.0. The van der Waals surface area contributed by atoms with Crippen LogP contribution in [0.2, 0.25) is 0 Å². The lowest BCUT2D eigenvalue weighted by molar-refractivity contribution is -0.225. The summed E-state index contributed by atoms with van der Waals surface area (Å²) >= 11 is 0. The van der Waals surface area contributed by atoms with Crippen molar-refractivity contribution in [3.05, 3.63) is 53.6 Å². The molecule has 1 saturated heterocycles. The number of carbonyl (C=O) groups excluding carboxylic acids is 3. The first-order chi connectivity index (χ1) is 23.5. The van der Waals surface area contributed by atoms with Gasteiger partial charge in [0.15, 0.2) is 0 Å². The Morgan fingerprint density at radius 2 is 1.56 bits per heavy atom. The molecule has 3 amide bonds. The van der Waals surface area contributed by atoms with E-state index in [-0.39, 0.29) is 57.6 Å². The maximum absolute atomic E-state index is 13.4. The molecule has 1 aromatic carbocycles. The zero-order valence-electron chi connectivity index (χ0n) is 31.1. The molecule has 5 aliphatic carbocycles. The van der Waals surface area contributed by atoms with Crippen molar-refractivity contribution in [1.29, 1.82) is 0 Å². The van der Waals surface area contributed by atoms with Gasteiger partial charge < -0.3 is 10.4 Å². The maximum atomic E-state index is 13.4. The summed E-state index contributed by atoms with van der Waals surface area (Å²) in [4.78, 5) is 49.0. The highest BCUT2D eigenvalue weighted by atomic mass is 16.4. The number of nitrogens with one attached hydrogen (secondary N) is 2. The second-order valence-corrected chi connectivity index (χ2v) is 18.8. The van der Waals surface area contributed by atoms with Crippen molar-refractivity contribution in [2.75, 3.05) is 6.54 Å². The van der Waals surface area contributed by atoms with E-state index < -0.39 is 11.9 Å². The molecule has 9 atom stereocenters. The lowest BCUT2D eigenvalue weighted by atomic mass is 9.32. The van der Waals surface area contributed by atoms with Crippen LogP contribution >= 0.6 is 0 Å². The molecule has 7 heteroatoms. The molecule has 5 fully saturated rings. The Hall–Kier alpha value is -3.22. The van der Waals surface area contributed by atoms with Gasteiger partial charge >= 0.3 is 5.97 Å². The number of amides is 3. The largest absolute Gasteiger partial charge is 0.478 e. The van der Waals surface area contributed by atoms with Gasteiger partial charge in [-0.05, 0) is 145 Å². The first kappa shape index (κ1) is 35.2. The van der Waals surface area contributed by atoms with Crippen LogP contribution in [0.5, 0.6) is 0 Å². The third-order valence-corrected chi connectivity index (χ3v) is 16.4. The number of benzene rings is 1. The van der Waals surface area contributed by atoms with Crippen LogP contribution in [0.4, 0.5) is 0 Å². The molecule has 1 aromatic rings. The zero-order valence-corrected chi connectivity index (χ0v) is 31.1. The molecule has 1 heterocycles. The van der Waals surface area contributed by atoms with Crippen molar-refractivity contribution in [3.8, 4) is 0 Å².